The van der Waals surface area contributed by atoms with Crippen LogP contribution >= 0.6 is 11.8 Å². The molecule has 148 valence electrons. The zero-order chi connectivity index (χ0) is 20.1. The maximum atomic E-state index is 13.3. The molecule has 3 nitrogen and oxygen atoms in total. The highest BCUT2D eigenvalue weighted by Crippen LogP contribution is 2.38. The van der Waals surface area contributed by atoms with Crippen molar-refractivity contribution in [2.24, 2.45) is 0 Å². The Kier molecular flexibility index (Phi) is 6.20. The van der Waals surface area contributed by atoms with E-state index >= 15 is 0 Å². The van der Waals surface area contributed by atoms with Gasteiger partial charge in [0.2, 0.25) is 5.91 Å². The molecule has 0 spiro atoms. The Bertz CT molecular complexity index is 987. The smallest absolute Gasteiger partial charge is 0.242 e. The van der Waals surface area contributed by atoms with Crippen LogP contribution in [0, 0.1) is 0 Å². The number of hydrogen-bond acceptors (Lipinski definition) is 3. The SMILES string of the molecule is CCOc1ccccc1NC(=O)C(Sc1ccc2c(c1)CCC2)c1ccccc1. The number of ether oxygens (including phenoxy) is 1. The summed E-state index contributed by atoms with van der Waals surface area (Å²) in [4.78, 5) is 14.5. The van der Waals surface area contributed by atoms with Crippen molar-refractivity contribution in [3.05, 3.63) is 89.5 Å². The third-order valence-electron chi connectivity index (χ3n) is 5.11. The second-order valence-corrected chi connectivity index (χ2v) is 8.29. The van der Waals surface area contributed by atoms with Crippen molar-refractivity contribution in [1.82, 2.24) is 0 Å². The zero-order valence-electron chi connectivity index (χ0n) is 16.6. The lowest BCUT2D eigenvalue weighted by Gasteiger charge is -2.19. The minimum atomic E-state index is -0.342. The number of para-hydroxylation sites is 2. The highest BCUT2D eigenvalue weighted by molar-refractivity contribution is 8.00. The van der Waals surface area contributed by atoms with E-state index in [9.17, 15) is 4.79 Å². The van der Waals surface area contributed by atoms with Crippen LogP contribution in [-0.2, 0) is 17.6 Å². The number of amides is 1. The Hall–Kier alpha value is -2.72. The molecule has 0 heterocycles. The molecular weight excluding hydrogens is 378 g/mol. The normalized spacial score (nSPS) is 13.6. The molecule has 0 bridgehead atoms. The van der Waals surface area contributed by atoms with Crippen LogP contribution in [0.4, 0.5) is 5.69 Å². The quantitative estimate of drug-likeness (QED) is 0.488. The first kappa shape index (κ1) is 19.6. The van der Waals surface area contributed by atoms with Crippen molar-refractivity contribution in [1.29, 1.82) is 0 Å². The van der Waals surface area contributed by atoms with Gasteiger partial charge in [-0.25, -0.2) is 0 Å². The van der Waals surface area contributed by atoms with E-state index in [-0.39, 0.29) is 11.2 Å². The molecule has 4 rings (SSSR count). The Morgan fingerprint density at radius 2 is 1.76 bits per heavy atom. The van der Waals surface area contributed by atoms with Crippen molar-refractivity contribution in [2.75, 3.05) is 11.9 Å². The summed E-state index contributed by atoms with van der Waals surface area (Å²) in [6.07, 6.45) is 3.52. The van der Waals surface area contributed by atoms with Crippen LogP contribution in [0.1, 0.15) is 35.3 Å². The van der Waals surface area contributed by atoms with Gasteiger partial charge in [-0.15, -0.1) is 11.8 Å². The lowest BCUT2D eigenvalue weighted by Crippen LogP contribution is -2.19. The number of rotatable bonds is 7. The molecule has 1 aliphatic carbocycles. The first-order valence-electron chi connectivity index (χ1n) is 10.1. The average molecular weight is 404 g/mol. The Morgan fingerprint density at radius 3 is 2.59 bits per heavy atom. The molecule has 0 saturated heterocycles. The Balaban J connectivity index is 1.60. The third kappa shape index (κ3) is 4.65. The number of aryl methyl sites for hydroxylation is 2. The molecule has 1 atom stereocenters. The van der Waals surface area contributed by atoms with Gasteiger partial charge in [-0.2, -0.15) is 0 Å². The number of fused-ring (bicyclic) bond motifs is 1. The molecule has 3 aromatic rings. The third-order valence-corrected chi connectivity index (χ3v) is 6.36. The molecule has 1 unspecified atom stereocenters. The molecular formula is C25H25NO2S. The zero-order valence-corrected chi connectivity index (χ0v) is 17.4. The van der Waals surface area contributed by atoms with Crippen molar-refractivity contribution in [2.45, 2.75) is 36.3 Å². The molecule has 0 aliphatic heterocycles. The molecule has 1 aliphatic rings. The standard InChI is InChI=1S/C25H25NO2S/c1-2-28-23-14-7-6-13-22(23)26-25(27)24(19-9-4-3-5-10-19)29-21-16-15-18-11-8-12-20(18)17-21/h3-7,9-10,13-17,24H,2,8,11-12H2,1H3,(H,26,27). The van der Waals surface area contributed by atoms with E-state index in [0.29, 0.717) is 18.0 Å². The van der Waals surface area contributed by atoms with Crippen molar-refractivity contribution < 1.29 is 9.53 Å². The fourth-order valence-electron chi connectivity index (χ4n) is 3.71. The molecule has 0 saturated carbocycles. The molecule has 4 heteroatoms. The van der Waals surface area contributed by atoms with E-state index in [1.165, 1.54) is 17.5 Å². The molecule has 29 heavy (non-hydrogen) atoms. The number of nitrogens with one attached hydrogen (secondary N) is 1. The fraction of sp³-hybridized carbons (Fsp3) is 0.240. The number of hydrogen-bond donors (Lipinski definition) is 1. The van der Waals surface area contributed by atoms with Gasteiger partial charge in [0.1, 0.15) is 11.0 Å². The van der Waals surface area contributed by atoms with Crippen molar-refractivity contribution >= 4 is 23.4 Å². The highest BCUT2D eigenvalue weighted by Gasteiger charge is 2.24. The summed E-state index contributed by atoms with van der Waals surface area (Å²) in [5, 5.41) is 2.74. The summed E-state index contributed by atoms with van der Waals surface area (Å²) in [5.41, 5.74) is 4.56. The first-order chi connectivity index (χ1) is 14.2. The number of carbonyl (C=O) groups excluding carboxylic acids is 1. The fourth-order valence-corrected chi connectivity index (χ4v) is 4.80. The van der Waals surface area contributed by atoms with Crippen LogP contribution in [0.3, 0.4) is 0 Å². The molecule has 3 aromatic carbocycles. The van der Waals surface area contributed by atoms with E-state index in [4.69, 9.17) is 4.74 Å². The minimum Gasteiger partial charge on any atom is -0.492 e. The van der Waals surface area contributed by atoms with Crippen LogP contribution in [0.5, 0.6) is 5.75 Å². The number of thioether (sulfide) groups is 1. The molecule has 0 aromatic heterocycles. The van der Waals surface area contributed by atoms with Gasteiger partial charge in [0, 0.05) is 4.90 Å². The Morgan fingerprint density at radius 1 is 1.00 bits per heavy atom. The lowest BCUT2D eigenvalue weighted by atomic mass is 10.1. The van der Waals surface area contributed by atoms with Gasteiger partial charge in [-0.05, 0) is 67.1 Å². The molecule has 1 amide bonds. The summed E-state index contributed by atoms with van der Waals surface area (Å²) in [7, 11) is 0. The van der Waals surface area contributed by atoms with Gasteiger partial charge in [-0.3, -0.25) is 4.79 Å². The predicted octanol–water partition coefficient (Wildman–Crippen LogP) is 6.05. The van der Waals surface area contributed by atoms with Crippen LogP contribution in [0.2, 0.25) is 0 Å². The largest absolute Gasteiger partial charge is 0.492 e. The van der Waals surface area contributed by atoms with E-state index in [0.717, 1.165) is 23.3 Å². The predicted molar refractivity (Wildman–Crippen MR) is 120 cm³/mol. The number of anilines is 1. The number of benzene rings is 3. The minimum absolute atomic E-state index is 0.0474. The van der Waals surface area contributed by atoms with Crippen molar-refractivity contribution in [3.8, 4) is 5.75 Å². The van der Waals surface area contributed by atoms with Gasteiger partial charge < -0.3 is 10.1 Å². The highest BCUT2D eigenvalue weighted by atomic mass is 32.2. The number of carbonyl (C=O) groups is 1. The summed E-state index contributed by atoms with van der Waals surface area (Å²) < 4.78 is 5.67. The Labute approximate surface area is 176 Å². The van der Waals surface area contributed by atoms with Crippen LogP contribution in [0.15, 0.2) is 77.7 Å². The average Bonchev–Trinajstić information content (AvgIpc) is 3.22. The van der Waals surface area contributed by atoms with Gasteiger partial charge >= 0.3 is 0 Å². The monoisotopic (exact) mass is 403 g/mol. The van der Waals surface area contributed by atoms with E-state index < -0.39 is 0 Å². The van der Waals surface area contributed by atoms with Crippen LogP contribution < -0.4 is 10.1 Å². The first-order valence-corrected chi connectivity index (χ1v) is 11.0. The summed E-state index contributed by atoms with van der Waals surface area (Å²) in [6, 6.07) is 24.2. The second kappa shape index (κ2) is 9.19. The lowest BCUT2D eigenvalue weighted by molar-refractivity contribution is -0.115. The van der Waals surface area contributed by atoms with Gasteiger partial charge in [-0.1, -0.05) is 48.5 Å². The maximum Gasteiger partial charge on any atom is 0.242 e. The van der Waals surface area contributed by atoms with E-state index in [1.807, 2.05) is 61.5 Å². The molecule has 1 N–H and O–H groups in total. The summed E-state index contributed by atoms with van der Waals surface area (Å²) >= 11 is 1.60. The summed E-state index contributed by atoms with van der Waals surface area (Å²) in [5.74, 6) is 0.645. The van der Waals surface area contributed by atoms with Gasteiger partial charge in [0.25, 0.3) is 0 Å². The topological polar surface area (TPSA) is 38.3 Å². The van der Waals surface area contributed by atoms with Gasteiger partial charge in [0.15, 0.2) is 0 Å². The maximum absolute atomic E-state index is 13.3. The van der Waals surface area contributed by atoms with E-state index in [2.05, 4.69) is 23.5 Å². The van der Waals surface area contributed by atoms with Gasteiger partial charge in [0.05, 0.1) is 12.3 Å². The second-order valence-electron chi connectivity index (χ2n) is 7.11. The molecule has 0 radical (unpaired) electrons. The van der Waals surface area contributed by atoms with E-state index in [1.54, 1.807) is 11.8 Å². The van der Waals surface area contributed by atoms with Crippen LogP contribution in [0.25, 0.3) is 0 Å². The summed E-state index contributed by atoms with van der Waals surface area (Å²) in [6.45, 7) is 2.49. The van der Waals surface area contributed by atoms with Crippen molar-refractivity contribution in [3.63, 3.8) is 0 Å². The van der Waals surface area contributed by atoms with Crippen LogP contribution in [-0.4, -0.2) is 12.5 Å². The molecule has 0 fully saturated rings.